The standard InChI is InChI=1S/C12H16BrN3O4S/c13-11-5-4-10(16(17)18)7-12(11)15-21(19,20)8-9-3-1-2-6-14-9/h4-5,7,9,14-15H,1-3,6,8H2. The summed E-state index contributed by atoms with van der Waals surface area (Å²) in [6, 6.07) is 3.89. The Labute approximate surface area is 131 Å². The Morgan fingerprint density at radius 1 is 1.43 bits per heavy atom. The number of nitrogens with one attached hydrogen (secondary N) is 2. The minimum Gasteiger partial charge on any atom is -0.313 e. The number of hydrogen-bond donors (Lipinski definition) is 2. The lowest BCUT2D eigenvalue weighted by atomic mass is 10.1. The maximum Gasteiger partial charge on any atom is 0.271 e. The summed E-state index contributed by atoms with van der Waals surface area (Å²) in [5.74, 6) is -0.0396. The lowest BCUT2D eigenvalue weighted by Gasteiger charge is -2.23. The molecule has 1 aromatic rings. The first-order valence-electron chi connectivity index (χ1n) is 6.55. The molecule has 7 nitrogen and oxygen atoms in total. The molecule has 21 heavy (non-hydrogen) atoms. The van der Waals surface area contributed by atoms with Crippen molar-refractivity contribution in [1.29, 1.82) is 0 Å². The van der Waals surface area contributed by atoms with E-state index in [1.807, 2.05) is 0 Å². The van der Waals surface area contributed by atoms with E-state index < -0.39 is 14.9 Å². The van der Waals surface area contributed by atoms with Gasteiger partial charge in [-0.1, -0.05) is 6.42 Å². The highest BCUT2D eigenvalue weighted by Crippen LogP contribution is 2.28. The minimum absolute atomic E-state index is 0.0396. The van der Waals surface area contributed by atoms with E-state index in [9.17, 15) is 18.5 Å². The number of nitro benzene ring substituents is 1. The van der Waals surface area contributed by atoms with Gasteiger partial charge in [0.25, 0.3) is 5.69 Å². The second-order valence-electron chi connectivity index (χ2n) is 4.95. The quantitative estimate of drug-likeness (QED) is 0.605. The molecule has 1 fully saturated rings. The molecule has 0 bridgehead atoms. The predicted molar refractivity (Wildman–Crippen MR) is 83.8 cm³/mol. The molecule has 1 aromatic carbocycles. The van der Waals surface area contributed by atoms with E-state index in [0.29, 0.717) is 4.47 Å². The number of hydrogen-bond acceptors (Lipinski definition) is 5. The molecule has 1 saturated heterocycles. The predicted octanol–water partition coefficient (Wildman–Crippen LogP) is 2.24. The lowest BCUT2D eigenvalue weighted by molar-refractivity contribution is -0.384. The Kier molecular flexibility index (Phi) is 5.17. The molecule has 0 spiro atoms. The minimum atomic E-state index is -3.56. The average Bonchev–Trinajstić information content (AvgIpc) is 2.41. The molecule has 0 aliphatic carbocycles. The van der Waals surface area contributed by atoms with Crippen molar-refractivity contribution in [1.82, 2.24) is 5.32 Å². The number of piperidine rings is 1. The number of halogens is 1. The topological polar surface area (TPSA) is 101 Å². The largest absolute Gasteiger partial charge is 0.313 e. The third kappa shape index (κ3) is 4.65. The molecule has 0 aromatic heterocycles. The summed E-state index contributed by atoms with van der Waals surface area (Å²) < 4.78 is 27.2. The highest BCUT2D eigenvalue weighted by atomic mass is 79.9. The van der Waals surface area contributed by atoms with Crippen LogP contribution in [-0.4, -0.2) is 31.7 Å². The van der Waals surface area contributed by atoms with E-state index >= 15 is 0 Å². The first-order chi connectivity index (χ1) is 9.87. The zero-order valence-corrected chi connectivity index (χ0v) is 13.6. The summed E-state index contributed by atoms with van der Waals surface area (Å²) in [7, 11) is -3.56. The maximum atomic E-state index is 12.2. The summed E-state index contributed by atoms with van der Waals surface area (Å²) in [4.78, 5) is 10.2. The van der Waals surface area contributed by atoms with E-state index in [0.717, 1.165) is 25.8 Å². The second kappa shape index (κ2) is 6.71. The van der Waals surface area contributed by atoms with Crippen molar-refractivity contribution in [2.24, 2.45) is 0 Å². The molecule has 1 aliphatic rings. The fourth-order valence-electron chi connectivity index (χ4n) is 2.25. The molecule has 2 rings (SSSR count). The number of benzene rings is 1. The summed E-state index contributed by atoms with van der Waals surface area (Å²) in [6.07, 6.45) is 2.88. The molecular weight excluding hydrogens is 362 g/mol. The normalized spacial score (nSPS) is 19.2. The molecule has 1 atom stereocenters. The van der Waals surface area contributed by atoms with Gasteiger partial charge in [-0.25, -0.2) is 8.42 Å². The van der Waals surface area contributed by atoms with Crippen molar-refractivity contribution in [3.8, 4) is 0 Å². The molecule has 1 aliphatic heterocycles. The van der Waals surface area contributed by atoms with Crippen LogP contribution in [0.1, 0.15) is 19.3 Å². The van der Waals surface area contributed by atoms with Crippen LogP contribution in [0.5, 0.6) is 0 Å². The number of nitrogens with zero attached hydrogens (tertiary/aromatic N) is 1. The van der Waals surface area contributed by atoms with Gasteiger partial charge < -0.3 is 5.32 Å². The fraction of sp³-hybridized carbons (Fsp3) is 0.500. The lowest BCUT2D eigenvalue weighted by Crippen LogP contribution is -2.40. The Morgan fingerprint density at radius 3 is 2.81 bits per heavy atom. The molecule has 0 amide bonds. The molecule has 2 N–H and O–H groups in total. The van der Waals surface area contributed by atoms with Gasteiger partial charge in [-0.3, -0.25) is 14.8 Å². The van der Waals surface area contributed by atoms with Gasteiger partial charge >= 0.3 is 0 Å². The van der Waals surface area contributed by atoms with Crippen molar-refractivity contribution in [2.75, 3.05) is 17.0 Å². The van der Waals surface area contributed by atoms with E-state index in [4.69, 9.17) is 0 Å². The summed E-state index contributed by atoms with van der Waals surface area (Å²) in [5.41, 5.74) is 0.0201. The van der Waals surface area contributed by atoms with Crippen LogP contribution in [0.2, 0.25) is 0 Å². The SMILES string of the molecule is O=[N+]([O-])c1ccc(Br)c(NS(=O)(=O)CC2CCCCN2)c1. The van der Waals surface area contributed by atoms with Crippen molar-refractivity contribution in [2.45, 2.75) is 25.3 Å². The highest BCUT2D eigenvalue weighted by molar-refractivity contribution is 9.10. The number of nitro groups is 1. The van der Waals surface area contributed by atoms with Gasteiger partial charge in [0.05, 0.1) is 16.4 Å². The Morgan fingerprint density at radius 2 is 2.19 bits per heavy atom. The molecule has 116 valence electrons. The van der Waals surface area contributed by atoms with Crippen molar-refractivity contribution >= 4 is 37.3 Å². The number of anilines is 1. The van der Waals surface area contributed by atoms with Gasteiger partial charge in [0.1, 0.15) is 0 Å². The van der Waals surface area contributed by atoms with E-state index in [-0.39, 0.29) is 23.2 Å². The van der Waals surface area contributed by atoms with Crippen LogP contribution in [0, 0.1) is 10.1 Å². The van der Waals surface area contributed by atoms with E-state index in [2.05, 4.69) is 26.0 Å². The second-order valence-corrected chi connectivity index (χ2v) is 7.57. The molecular formula is C12H16BrN3O4S. The van der Waals surface area contributed by atoms with Gasteiger partial charge in [0.2, 0.25) is 10.0 Å². The van der Waals surface area contributed by atoms with Crippen LogP contribution in [0.25, 0.3) is 0 Å². The summed E-state index contributed by atoms with van der Waals surface area (Å²) >= 11 is 3.19. The van der Waals surface area contributed by atoms with Gasteiger partial charge in [-0.2, -0.15) is 0 Å². The smallest absolute Gasteiger partial charge is 0.271 e. The number of sulfonamides is 1. The molecule has 0 saturated carbocycles. The Bertz CT molecular complexity index is 629. The zero-order valence-electron chi connectivity index (χ0n) is 11.2. The average molecular weight is 378 g/mol. The number of rotatable bonds is 5. The van der Waals surface area contributed by atoms with Crippen molar-refractivity contribution in [3.63, 3.8) is 0 Å². The fourth-order valence-corrected chi connectivity index (χ4v) is 4.12. The van der Waals surface area contributed by atoms with Gasteiger partial charge in [0.15, 0.2) is 0 Å². The van der Waals surface area contributed by atoms with Crippen LogP contribution in [0.4, 0.5) is 11.4 Å². The monoisotopic (exact) mass is 377 g/mol. The highest BCUT2D eigenvalue weighted by Gasteiger charge is 2.22. The molecule has 0 radical (unpaired) electrons. The molecule has 9 heteroatoms. The van der Waals surface area contributed by atoms with E-state index in [1.54, 1.807) is 0 Å². The van der Waals surface area contributed by atoms with Gasteiger partial charge in [-0.05, 0) is 41.4 Å². The van der Waals surface area contributed by atoms with Crippen LogP contribution in [0.15, 0.2) is 22.7 Å². The van der Waals surface area contributed by atoms with Gasteiger partial charge in [0, 0.05) is 22.6 Å². The third-order valence-corrected chi connectivity index (χ3v) is 5.32. The third-order valence-electron chi connectivity index (χ3n) is 3.26. The van der Waals surface area contributed by atoms with E-state index in [1.165, 1.54) is 18.2 Å². The van der Waals surface area contributed by atoms with Gasteiger partial charge in [-0.15, -0.1) is 0 Å². The van der Waals surface area contributed by atoms with Crippen molar-refractivity contribution < 1.29 is 13.3 Å². The first kappa shape index (κ1) is 16.2. The molecule has 1 heterocycles. The first-order valence-corrected chi connectivity index (χ1v) is 9.00. The Balaban J connectivity index is 2.12. The zero-order chi connectivity index (χ0) is 15.5. The van der Waals surface area contributed by atoms with Crippen LogP contribution < -0.4 is 10.0 Å². The molecule has 1 unspecified atom stereocenters. The van der Waals surface area contributed by atoms with Crippen LogP contribution in [0.3, 0.4) is 0 Å². The maximum absolute atomic E-state index is 12.2. The van der Waals surface area contributed by atoms with Crippen LogP contribution in [-0.2, 0) is 10.0 Å². The Hall–Kier alpha value is -1.19. The van der Waals surface area contributed by atoms with Crippen LogP contribution >= 0.6 is 15.9 Å². The summed E-state index contributed by atoms with van der Waals surface area (Å²) in [5, 5.41) is 13.9. The summed E-state index contributed by atoms with van der Waals surface area (Å²) in [6.45, 7) is 0.820. The van der Waals surface area contributed by atoms with Crippen molar-refractivity contribution in [3.05, 3.63) is 32.8 Å². The number of non-ortho nitro benzene ring substituents is 1.